The second-order valence-electron chi connectivity index (χ2n) is 7.09. The highest BCUT2D eigenvalue weighted by molar-refractivity contribution is 6.09. The molecule has 0 bridgehead atoms. The molecule has 4 aromatic rings. The van der Waals surface area contributed by atoms with Crippen LogP contribution in [0.2, 0.25) is 0 Å². The van der Waals surface area contributed by atoms with E-state index in [0.29, 0.717) is 5.56 Å². The number of ketones is 1. The molecule has 0 fully saturated rings. The summed E-state index contributed by atoms with van der Waals surface area (Å²) in [6.45, 7) is 0. The highest BCUT2D eigenvalue weighted by atomic mass is 16.5. The minimum Gasteiger partial charge on any atom is -0.469 e. The van der Waals surface area contributed by atoms with Crippen molar-refractivity contribution < 1.29 is 14.3 Å². The van der Waals surface area contributed by atoms with E-state index in [0.717, 1.165) is 27.4 Å². The molecule has 142 valence electrons. The van der Waals surface area contributed by atoms with Crippen molar-refractivity contribution >= 4 is 33.6 Å². The highest BCUT2D eigenvalue weighted by Gasteiger charge is 2.29. The van der Waals surface area contributed by atoms with Gasteiger partial charge in [0.2, 0.25) is 0 Å². The molecule has 2 aromatic carbocycles. The first-order valence-corrected chi connectivity index (χ1v) is 9.20. The van der Waals surface area contributed by atoms with Crippen LogP contribution in [0, 0.1) is 0 Å². The fraction of sp³-hybridized carbons (Fsp3) is 0.217. The first kappa shape index (κ1) is 18.0. The number of carbonyl (C=O) groups is 2. The van der Waals surface area contributed by atoms with E-state index in [1.54, 1.807) is 0 Å². The van der Waals surface area contributed by atoms with E-state index < -0.39 is 11.9 Å². The van der Waals surface area contributed by atoms with Crippen LogP contribution in [0.15, 0.2) is 60.9 Å². The zero-order valence-electron chi connectivity index (χ0n) is 16.2. The van der Waals surface area contributed by atoms with E-state index in [1.807, 2.05) is 84.2 Å². The number of hydrogen-bond donors (Lipinski definition) is 0. The summed E-state index contributed by atoms with van der Waals surface area (Å²) in [6, 6.07) is 15.7. The molecule has 4 rings (SSSR count). The lowest BCUT2D eigenvalue weighted by molar-refractivity contribution is -0.142. The van der Waals surface area contributed by atoms with Crippen molar-refractivity contribution in [2.24, 2.45) is 14.1 Å². The van der Waals surface area contributed by atoms with E-state index in [9.17, 15) is 9.59 Å². The van der Waals surface area contributed by atoms with Gasteiger partial charge < -0.3 is 13.9 Å². The fourth-order valence-electron chi connectivity index (χ4n) is 3.97. The van der Waals surface area contributed by atoms with Gasteiger partial charge >= 0.3 is 5.97 Å². The summed E-state index contributed by atoms with van der Waals surface area (Å²) in [4.78, 5) is 25.8. The number of methoxy groups -OCH3 is 1. The van der Waals surface area contributed by atoms with Crippen LogP contribution in [0.5, 0.6) is 0 Å². The van der Waals surface area contributed by atoms with Crippen molar-refractivity contribution in [1.29, 1.82) is 0 Å². The van der Waals surface area contributed by atoms with Crippen molar-refractivity contribution in [3.63, 3.8) is 0 Å². The predicted molar refractivity (Wildman–Crippen MR) is 110 cm³/mol. The number of hydrogen-bond acceptors (Lipinski definition) is 3. The van der Waals surface area contributed by atoms with Crippen molar-refractivity contribution in [2.45, 2.75) is 12.3 Å². The molecule has 2 heterocycles. The van der Waals surface area contributed by atoms with E-state index in [-0.39, 0.29) is 12.2 Å². The Kier molecular flexibility index (Phi) is 4.51. The Morgan fingerprint density at radius 3 is 2.14 bits per heavy atom. The van der Waals surface area contributed by atoms with Crippen molar-refractivity contribution in [3.8, 4) is 0 Å². The number of aromatic nitrogens is 2. The van der Waals surface area contributed by atoms with Gasteiger partial charge in [-0.15, -0.1) is 0 Å². The number of aryl methyl sites for hydroxylation is 2. The number of para-hydroxylation sites is 2. The minimum atomic E-state index is -0.650. The van der Waals surface area contributed by atoms with Crippen LogP contribution in [-0.4, -0.2) is 28.0 Å². The molecule has 0 saturated carbocycles. The highest BCUT2D eigenvalue weighted by Crippen LogP contribution is 2.32. The Balaban J connectivity index is 1.77. The molecular formula is C23H22N2O3. The molecule has 0 aliphatic heterocycles. The summed E-state index contributed by atoms with van der Waals surface area (Å²) in [5.74, 6) is -1.12. The molecule has 0 aliphatic carbocycles. The zero-order chi connectivity index (χ0) is 19.8. The summed E-state index contributed by atoms with van der Waals surface area (Å²) < 4.78 is 8.96. The van der Waals surface area contributed by atoms with Gasteiger partial charge in [0.05, 0.1) is 13.0 Å². The van der Waals surface area contributed by atoms with Gasteiger partial charge in [0.15, 0.2) is 5.78 Å². The molecule has 0 radical (unpaired) electrons. The molecule has 0 N–H and O–H groups in total. The molecule has 1 atom stereocenters. The molecule has 5 nitrogen and oxygen atoms in total. The SMILES string of the molecule is COC(=O)C(CC(=O)c1cn(C)c2ccccc12)c1cn(C)c2ccccc12. The Morgan fingerprint density at radius 1 is 0.893 bits per heavy atom. The van der Waals surface area contributed by atoms with E-state index in [4.69, 9.17) is 4.74 Å². The van der Waals surface area contributed by atoms with Crippen LogP contribution in [0.1, 0.15) is 28.3 Å². The largest absolute Gasteiger partial charge is 0.469 e. The maximum Gasteiger partial charge on any atom is 0.313 e. The first-order chi connectivity index (χ1) is 13.5. The van der Waals surface area contributed by atoms with Gasteiger partial charge in [-0.3, -0.25) is 9.59 Å². The lowest BCUT2D eigenvalue weighted by Crippen LogP contribution is -2.18. The number of benzene rings is 2. The quantitative estimate of drug-likeness (QED) is 0.389. The van der Waals surface area contributed by atoms with Crippen LogP contribution in [0.25, 0.3) is 21.8 Å². The molecule has 0 aliphatic rings. The molecule has 0 amide bonds. The predicted octanol–water partition coefficient (Wildman–Crippen LogP) is 4.20. The fourth-order valence-corrected chi connectivity index (χ4v) is 3.97. The maximum absolute atomic E-state index is 13.2. The summed E-state index contributed by atoms with van der Waals surface area (Å²) in [7, 11) is 5.22. The van der Waals surface area contributed by atoms with Crippen LogP contribution < -0.4 is 0 Å². The van der Waals surface area contributed by atoms with Crippen molar-refractivity contribution in [1.82, 2.24) is 9.13 Å². The average molecular weight is 374 g/mol. The molecule has 0 spiro atoms. The normalized spacial score (nSPS) is 12.4. The van der Waals surface area contributed by atoms with Crippen LogP contribution in [-0.2, 0) is 23.6 Å². The second kappa shape index (κ2) is 7.00. The Hall–Kier alpha value is -3.34. The van der Waals surface area contributed by atoms with E-state index >= 15 is 0 Å². The molecule has 1 unspecified atom stereocenters. The third-order valence-corrected chi connectivity index (χ3v) is 5.38. The minimum absolute atomic E-state index is 0.0642. The lowest BCUT2D eigenvalue weighted by atomic mass is 9.91. The van der Waals surface area contributed by atoms with Gasteiger partial charge in [0.25, 0.3) is 0 Å². The van der Waals surface area contributed by atoms with Gasteiger partial charge in [-0.25, -0.2) is 0 Å². The molecule has 28 heavy (non-hydrogen) atoms. The number of fused-ring (bicyclic) bond motifs is 2. The smallest absolute Gasteiger partial charge is 0.313 e. The number of rotatable bonds is 5. The summed E-state index contributed by atoms with van der Waals surface area (Å²) >= 11 is 0. The number of ether oxygens (including phenoxy) is 1. The summed E-state index contributed by atoms with van der Waals surface area (Å²) in [5, 5.41) is 1.86. The Morgan fingerprint density at radius 2 is 1.46 bits per heavy atom. The number of carbonyl (C=O) groups excluding carboxylic acids is 2. The zero-order valence-corrected chi connectivity index (χ0v) is 16.2. The number of nitrogens with zero attached hydrogens (tertiary/aromatic N) is 2. The van der Waals surface area contributed by atoms with Gasteiger partial charge in [-0.05, 0) is 17.7 Å². The third-order valence-electron chi connectivity index (χ3n) is 5.38. The van der Waals surface area contributed by atoms with Gasteiger partial charge in [0.1, 0.15) is 0 Å². The monoisotopic (exact) mass is 374 g/mol. The summed E-state index contributed by atoms with van der Waals surface area (Å²) in [5.41, 5.74) is 3.46. The van der Waals surface area contributed by atoms with Crippen LogP contribution in [0.3, 0.4) is 0 Å². The molecule has 5 heteroatoms. The van der Waals surface area contributed by atoms with E-state index in [2.05, 4.69) is 0 Å². The lowest BCUT2D eigenvalue weighted by Gasteiger charge is -2.13. The van der Waals surface area contributed by atoms with Gasteiger partial charge in [-0.1, -0.05) is 36.4 Å². The number of Topliss-reactive ketones (excluding diaryl/α,β-unsaturated/α-hetero) is 1. The van der Waals surface area contributed by atoms with Gasteiger partial charge in [-0.2, -0.15) is 0 Å². The third kappa shape index (κ3) is 2.89. The number of esters is 1. The average Bonchev–Trinajstić information content (AvgIpc) is 3.23. The summed E-state index contributed by atoms with van der Waals surface area (Å²) in [6.07, 6.45) is 3.82. The van der Waals surface area contributed by atoms with Crippen LogP contribution in [0.4, 0.5) is 0 Å². The first-order valence-electron chi connectivity index (χ1n) is 9.20. The van der Waals surface area contributed by atoms with Crippen molar-refractivity contribution in [2.75, 3.05) is 7.11 Å². The maximum atomic E-state index is 13.2. The standard InChI is InChI=1S/C23H22N2O3/c1-24-13-18(15-8-4-6-10-20(15)24)17(23(27)28-3)12-22(26)19-14-25(2)21-11-7-5-9-16(19)21/h4-11,13-14,17H,12H2,1-3H3. The van der Waals surface area contributed by atoms with Gasteiger partial charge in [0, 0.05) is 60.3 Å². The van der Waals surface area contributed by atoms with E-state index in [1.165, 1.54) is 7.11 Å². The molecule has 2 aromatic heterocycles. The van der Waals surface area contributed by atoms with Crippen LogP contribution >= 0.6 is 0 Å². The second-order valence-corrected chi connectivity index (χ2v) is 7.09. The van der Waals surface area contributed by atoms with Crippen molar-refractivity contribution in [3.05, 3.63) is 72.1 Å². The Labute approximate surface area is 163 Å². The topological polar surface area (TPSA) is 53.2 Å². The Bertz CT molecular complexity index is 1200. The molecule has 0 saturated heterocycles. The molecular weight excluding hydrogens is 352 g/mol.